The van der Waals surface area contributed by atoms with Crippen LogP contribution in [-0.2, 0) is 4.79 Å². The van der Waals surface area contributed by atoms with Gasteiger partial charge in [-0.25, -0.2) is 4.79 Å². The van der Waals surface area contributed by atoms with Crippen molar-refractivity contribution in [3.8, 4) is 0 Å². The molecule has 5 heteroatoms. The lowest BCUT2D eigenvalue weighted by molar-refractivity contribution is -0.137. The van der Waals surface area contributed by atoms with Crippen molar-refractivity contribution < 1.29 is 14.7 Å². The van der Waals surface area contributed by atoms with Gasteiger partial charge in [0.2, 0.25) is 0 Å². The molecule has 0 aliphatic heterocycles. The lowest BCUT2D eigenvalue weighted by Crippen LogP contribution is -2.42. The van der Waals surface area contributed by atoms with Gasteiger partial charge in [0, 0.05) is 26.1 Å². The minimum Gasteiger partial charge on any atom is -0.481 e. The number of rotatable bonds is 9. The second-order valence-corrected chi connectivity index (χ2v) is 4.66. The first-order chi connectivity index (χ1) is 8.49. The number of carboxylic acid groups (broad SMARTS) is 1. The summed E-state index contributed by atoms with van der Waals surface area (Å²) in [6.07, 6.45) is 4.67. The lowest BCUT2D eigenvalue weighted by atomic mass is 10.1. The smallest absolute Gasteiger partial charge is 0.317 e. The molecule has 0 aliphatic carbocycles. The van der Waals surface area contributed by atoms with Crippen LogP contribution in [0.2, 0.25) is 0 Å². The molecule has 18 heavy (non-hydrogen) atoms. The number of nitrogens with one attached hydrogen (secondary N) is 1. The maximum atomic E-state index is 11.7. The molecule has 106 valence electrons. The van der Waals surface area contributed by atoms with Gasteiger partial charge in [-0.3, -0.25) is 4.79 Å². The molecule has 0 radical (unpaired) electrons. The Labute approximate surface area is 110 Å². The van der Waals surface area contributed by atoms with E-state index in [4.69, 9.17) is 5.11 Å². The molecule has 0 heterocycles. The average Bonchev–Trinajstić information content (AvgIpc) is 2.35. The Hall–Kier alpha value is -1.26. The molecule has 0 aromatic rings. The molecular weight excluding hydrogens is 232 g/mol. The van der Waals surface area contributed by atoms with E-state index in [1.165, 1.54) is 0 Å². The fraction of sp³-hybridized carbons (Fsp3) is 0.846. The molecule has 1 atom stereocenters. The van der Waals surface area contributed by atoms with Crippen molar-refractivity contribution >= 4 is 12.0 Å². The minimum absolute atomic E-state index is 0.0325. The number of aliphatic carboxylic acids is 1. The quantitative estimate of drug-likeness (QED) is 0.624. The molecular formula is C13H26N2O3. The van der Waals surface area contributed by atoms with Gasteiger partial charge in [0.1, 0.15) is 0 Å². The summed E-state index contributed by atoms with van der Waals surface area (Å²) in [5, 5.41) is 11.3. The summed E-state index contributed by atoms with van der Waals surface area (Å²) in [6, 6.07) is 0.218. The van der Waals surface area contributed by atoms with Gasteiger partial charge >= 0.3 is 12.0 Å². The molecule has 0 fully saturated rings. The molecule has 0 bridgehead atoms. The fourth-order valence-corrected chi connectivity index (χ4v) is 1.55. The van der Waals surface area contributed by atoms with Crippen LogP contribution >= 0.6 is 0 Å². The van der Waals surface area contributed by atoms with Crippen molar-refractivity contribution in [1.29, 1.82) is 0 Å². The molecule has 0 aromatic carbocycles. The van der Waals surface area contributed by atoms with Crippen LogP contribution < -0.4 is 5.32 Å². The monoisotopic (exact) mass is 258 g/mol. The van der Waals surface area contributed by atoms with Gasteiger partial charge in [0.25, 0.3) is 0 Å². The van der Waals surface area contributed by atoms with Crippen LogP contribution in [-0.4, -0.2) is 41.6 Å². The van der Waals surface area contributed by atoms with Crippen LogP contribution in [0.1, 0.15) is 52.4 Å². The topological polar surface area (TPSA) is 69.6 Å². The fourth-order valence-electron chi connectivity index (χ4n) is 1.55. The van der Waals surface area contributed by atoms with E-state index in [1.807, 2.05) is 6.92 Å². The summed E-state index contributed by atoms with van der Waals surface area (Å²) in [5.41, 5.74) is 0. The maximum Gasteiger partial charge on any atom is 0.317 e. The van der Waals surface area contributed by atoms with Crippen LogP contribution in [0.25, 0.3) is 0 Å². The Balaban J connectivity index is 3.49. The number of hydrogen-bond donors (Lipinski definition) is 2. The molecule has 1 unspecified atom stereocenters. The molecule has 0 aliphatic rings. The van der Waals surface area contributed by atoms with Crippen molar-refractivity contribution in [2.45, 2.75) is 58.4 Å². The number of urea groups is 1. The third kappa shape index (κ3) is 7.92. The maximum absolute atomic E-state index is 11.7. The molecule has 0 saturated carbocycles. The standard InChI is InChI=1S/C13H26N2O3/c1-4-11(2)15(3)13(18)14-10-8-6-5-7-9-12(16)17/h11H,4-10H2,1-3H3,(H,14,18)(H,16,17). The van der Waals surface area contributed by atoms with E-state index in [9.17, 15) is 9.59 Å². The van der Waals surface area contributed by atoms with Crippen molar-refractivity contribution in [3.63, 3.8) is 0 Å². The highest BCUT2D eigenvalue weighted by Crippen LogP contribution is 2.03. The summed E-state index contributed by atoms with van der Waals surface area (Å²) >= 11 is 0. The summed E-state index contributed by atoms with van der Waals surface area (Å²) in [6.45, 7) is 4.73. The third-order valence-electron chi connectivity index (χ3n) is 3.17. The molecule has 0 spiro atoms. The van der Waals surface area contributed by atoms with Crippen LogP contribution in [0.4, 0.5) is 4.79 Å². The molecule has 2 N–H and O–H groups in total. The highest BCUT2D eigenvalue weighted by atomic mass is 16.4. The first-order valence-electron chi connectivity index (χ1n) is 6.71. The van der Waals surface area contributed by atoms with Gasteiger partial charge in [0.05, 0.1) is 0 Å². The van der Waals surface area contributed by atoms with Gasteiger partial charge in [0.15, 0.2) is 0 Å². The zero-order valence-electron chi connectivity index (χ0n) is 11.7. The van der Waals surface area contributed by atoms with E-state index < -0.39 is 5.97 Å². The van der Waals surface area contributed by atoms with Gasteiger partial charge in [-0.15, -0.1) is 0 Å². The number of nitrogens with zero attached hydrogens (tertiary/aromatic N) is 1. The summed E-state index contributed by atoms with van der Waals surface area (Å²) in [5.74, 6) is -0.738. The Morgan fingerprint density at radius 1 is 1.22 bits per heavy atom. The predicted octanol–water partition coefficient (Wildman–Crippen LogP) is 2.46. The lowest BCUT2D eigenvalue weighted by Gasteiger charge is -2.24. The zero-order valence-corrected chi connectivity index (χ0v) is 11.7. The zero-order chi connectivity index (χ0) is 14.0. The molecule has 0 aromatic heterocycles. The predicted molar refractivity (Wildman–Crippen MR) is 71.6 cm³/mol. The van der Waals surface area contributed by atoms with Crippen LogP contribution in [0, 0.1) is 0 Å². The summed E-state index contributed by atoms with van der Waals surface area (Å²) in [4.78, 5) is 23.7. The molecule has 5 nitrogen and oxygen atoms in total. The van der Waals surface area contributed by atoms with Gasteiger partial charge in [-0.05, 0) is 26.2 Å². The van der Waals surface area contributed by atoms with Crippen molar-refractivity contribution in [2.24, 2.45) is 0 Å². The van der Waals surface area contributed by atoms with Crippen molar-refractivity contribution in [3.05, 3.63) is 0 Å². The van der Waals surface area contributed by atoms with E-state index >= 15 is 0 Å². The van der Waals surface area contributed by atoms with E-state index in [1.54, 1.807) is 11.9 Å². The molecule has 0 saturated heterocycles. The highest BCUT2D eigenvalue weighted by molar-refractivity contribution is 5.74. The Kier molecular flexibility index (Phi) is 9.06. The third-order valence-corrected chi connectivity index (χ3v) is 3.17. The van der Waals surface area contributed by atoms with Crippen LogP contribution in [0.15, 0.2) is 0 Å². The summed E-state index contributed by atoms with van der Waals surface area (Å²) in [7, 11) is 1.80. The van der Waals surface area contributed by atoms with E-state index in [2.05, 4.69) is 12.2 Å². The molecule has 0 rings (SSSR count). The number of hydrogen-bond acceptors (Lipinski definition) is 2. The number of amides is 2. The van der Waals surface area contributed by atoms with E-state index in [0.717, 1.165) is 32.1 Å². The molecule has 2 amide bonds. The van der Waals surface area contributed by atoms with Gasteiger partial charge < -0.3 is 15.3 Å². The van der Waals surface area contributed by atoms with Crippen LogP contribution in [0.5, 0.6) is 0 Å². The normalized spacial score (nSPS) is 11.9. The Morgan fingerprint density at radius 3 is 2.39 bits per heavy atom. The van der Waals surface area contributed by atoms with Crippen molar-refractivity contribution in [2.75, 3.05) is 13.6 Å². The van der Waals surface area contributed by atoms with Gasteiger partial charge in [-0.1, -0.05) is 19.8 Å². The highest BCUT2D eigenvalue weighted by Gasteiger charge is 2.12. The SMILES string of the molecule is CCC(C)N(C)C(=O)NCCCCCCC(=O)O. The first kappa shape index (κ1) is 16.7. The Bertz CT molecular complexity index is 257. The van der Waals surface area contributed by atoms with E-state index in [0.29, 0.717) is 6.54 Å². The van der Waals surface area contributed by atoms with Crippen LogP contribution in [0.3, 0.4) is 0 Å². The summed E-state index contributed by atoms with van der Waals surface area (Å²) < 4.78 is 0. The van der Waals surface area contributed by atoms with E-state index in [-0.39, 0.29) is 18.5 Å². The second-order valence-electron chi connectivity index (χ2n) is 4.66. The number of carbonyl (C=O) groups excluding carboxylic acids is 1. The Morgan fingerprint density at radius 2 is 1.83 bits per heavy atom. The van der Waals surface area contributed by atoms with Crippen molar-refractivity contribution in [1.82, 2.24) is 10.2 Å². The van der Waals surface area contributed by atoms with Gasteiger partial charge in [-0.2, -0.15) is 0 Å². The minimum atomic E-state index is -0.738. The first-order valence-corrected chi connectivity index (χ1v) is 6.71. The number of unbranched alkanes of at least 4 members (excludes halogenated alkanes) is 3. The number of carboxylic acids is 1. The average molecular weight is 258 g/mol. The number of carbonyl (C=O) groups is 2. The second kappa shape index (κ2) is 9.74. The largest absolute Gasteiger partial charge is 0.481 e.